The molecular weight excluding hydrogens is 266 g/mol. The Bertz CT molecular complexity index is 477. The van der Waals surface area contributed by atoms with Gasteiger partial charge in [0.1, 0.15) is 5.60 Å². The molecule has 1 aromatic carbocycles. The molecule has 1 amide bonds. The summed E-state index contributed by atoms with van der Waals surface area (Å²) in [6, 6.07) is 6.28. The van der Waals surface area contributed by atoms with Crippen molar-refractivity contribution in [3.05, 3.63) is 34.9 Å². The second-order valence-corrected chi connectivity index (χ2v) is 6.55. The molecule has 1 rings (SSSR count). The van der Waals surface area contributed by atoms with E-state index in [1.54, 1.807) is 0 Å². The van der Waals surface area contributed by atoms with Gasteiger partial charge in [-0.3, -0.25) is 0 Å². The van der Waals surface area contributed by atoms with Crippen LogP contribution in [0.2, 0.25) is 0 Å². The maximum Gasteiger partial charge on any atom is 0.407 e. The van der Waals surface area contributed by atoms with E-state index in [0.717, 1.165) is 6.42 Å². The summed E-state index contributed by atoms with van der Waals surface area (Å²) in [5.41, 5.74) is 3.16. The van der Waals surface area contributed by atoms with Gasteiger partial charge in [0.15, 0.2) is 0 Å². The lowest BCUT2D eigenvalue weighted by atomic mass is 9.97. The van der Waals surface area contributed by atoms with Crippen LogP contribution in [0.1, 0.15) is 37.5 Å². The number of carbonyl (C=O) groups excluding carboxylic acids is 1. The van der Waals surface area contributed by atoms with E-state index >= 15 is 0 Å². The highest BCUT2D eigenvalue weighted by molar-refractivity contribution is 5.67. The van der Waals surface area contributed by atoms with E-state index in [-0.39, 0.29) is 12.5 Å². The topological polar surface area (TPSA) is 58.6 Å². The summed E-state index contributed by atoms with van der Waals surface area (Å²) < 4.78 is 5.19. The minimum absolute atomic E-state index is 0.0142. The van der Waals surface area contributed by atoms with Crippen molar-refractivity contribution in [3.8, 4) is 0 Å². The quantitative estimate of drug-likeness (QED) is 0.877. The maximum atomic E-state index is 11.6. The molecule has 1 aromatic rings. The summed E-state index contributed by atoms with van der Waals surface area (Å²) in [5.74, 6) is -0.0142. The standard InChI is InChI=1S/C17H27NO3/c1-12-6-7-14(8-13(12)2)9-15(11-19)10-18-16(20)21-17(3,4)5/h6-8,15,19H,9-11H2,1-5H3,(H,18,20). The molecule has 0 aliphatic carbocycles. The van der Waals surface area contributed by atoms with Crippen LogP contribution in [0.15, 0.2) is 18.2 Å². The molecule has 0 spiro atoms. The highest BCUT2D eigenvalue weighted by Crippen LogP contribution is 2.14. The van der Waals surface area contributed by atoms with Gasteiger partial charge in [-0.15, -0.1) is 0 Å². The number of aliphatic hydroxyl groups is 1. The first-order valence-electron chi connectivity index (χ1n) is 7.35. The van der Waals surface area contributed by atoms with Crippen molar-refractivity contribution in [1.82, 2.24) is 5.32 Å². The van der Waals surface area contributed by atoms with Gasteiger partial charge in [0.25, 0.3) is 0 Å². The Morgan fingerprint density at radius 1 is 1.29 bits per heavy atom. The Labute approximate surface area is 127 Å². The number of nitrogens with one attached hydrogen (secondary N) is 1. The van der Waals surface area contributed by atoms with Crippen LogP contribution in [0, 0.1) is 19.8 Å². The summed E-state index contributed by atoms with van der Waals surface area (Å²) in [6.45, 7) is 10.1. The van der Waals surface area contributed by atoms with Crippen molar-refractivity contribution in [2.45, 2.75) is 46.6 Å². The number of rotatable bonds is 5. The third-order valence-corrected chi connectivity index (χ3v) is 3.29. The van der Waals surface area contributed by atoms with Crippen LogP contribution in [-0.4, -0.2) is 30.0 Å². The monoisotopic (exact) mass is 293 g/mol. The van der Waals surface area contributed by atoms with Gasteiger partial charge in [0.2, 0.25) is 0 Å². The Kier molecular flexibility index (Phi) is 6.21. The largest absolute Gasteiger partial charge is 0.444 e. The predicted octanol–water partition coefficient (Wildman–Crippen LogP) is 2.98. The number of aryl methyl sites for hydroxylation is 2. The summed E-state index contributed by atoms with van der Waals surface area (Å²) in [5, 5.41) is 12.2. The molecule has 0 aliphatic rings. The van der Waals surface area contributed by atoms with Crippen molar-refractivity contribution in [2.75, 3.05) is 13.2 Å². The summed E-state index contributed by atoms with van der Waals surface area (Å²) in [6.07, 6.45) is 0.286. The normalized spacial score (nSPS) is 12.9. The van der Waals surface area contributed by atoms with E-state index in [1.807, 2.05) is 20.8 Å². The molecule has 0 fully saturated rings. The van der Waals surface area contributed by atoms with Gasteiger partial charge in [-0.1, -0.05) is 18.2 Å². The molecule has 118 valence electrons. The summed E-state index contributed by atoms with van der Waals surface area (Å²) >= 11 is 0. The highest BCUT2D eigenvalue weighted by Gasteiger charge is 2.17. The lowest BCUT2D eigenvalue weighted by molar-refractivity contribution is 0.0512. The average Bonchev–Trinajstić information content (AvgIpc) is 2.36. The first-order valence-corrected chi connectivity index (χ1v) is 7.35. The van der Waals surface area contributed by atoms with Gasteiger partial charge in [-0.05, 0) is 57.7 Å². The molecule has 4 heteroatoms. The molecular formula is C17H27NO3. The number of alkyl carbamates (subject to hydrolysis) is 1. The van der Waals surface area contributed by atoms with Crippen LogP contribution >= 0.6 is 0 Å². The zero-order chi connectivity index (χ0) is 16.0. The number of aliphatic hydroxyl groups excluding tert-OH is 1. The maximum absolute atomic E-state index is 11.6. The van der Waals surface area contributed by atoms with Crippen LogP contribution in [-0.2, 0) is 11.2 Å². The number of carbonyl (C=O) groups is 1. The zero-order valence-corrected chi connectivity index (χ0v) is 13.7. The van der Waals surface area contributed by atoms with E-state index in [1.165, 1.54) is 16.7 Å². The average molecular weight is 293 g/mol. The molecule has 0 bridgehead atoms. The zero-order valence-electron chi connectivity index (χ0n) is 13.7. The Morgan fingerprint density at radius 2 is 1.95 bits per heavy atom. The number of hydrogen-bond acceptors (Lipinski definition) is 3. The fourth-order valence-electron chi connectivity index (χ4n) is 2.01. The van der Waals surface area contributed by atoms with Gasteiger partial charge < -0.3 is 15.2 Å². The van der Waals surface area contributed by atoms with Crippen LogP contribution in [0.4, 0.5) is 4.79 Å². The van der Waals surface area contributed by atoms with Gasteiger partial charge in [-0.25, -0.2) is 4.79 Å². The predicted molar refractivity (Wildman–Crippen MR) is 84.4 cm³/mol. The Hall–Kier alpha value is -1.55. The number of amides is 1. The molecule has 0 radical (unpaired) electrons. The van der Waals surface area contributed by atoms with Gasteiger partial charge >= 0.3 is 6.09 Å². The van der Waals surface area contributed by atoms with Crippen LogP contribution in [0.3, 0.4) is 0 Å². The van der Waals surface area contributed by atoms with E-state index in [0.29, 0.717) is 6.54 Å². The third kappa shape index (κ3) is 6.63. The highest BCUT2D eigenvalue weighted by atomic mass is 16.6. The summed E-state index contributed by atoms with van der Waals surface area (Å²) in [7, 11) is 0. The van der Waals surface area contributed by atoms with Crippen molar-refractivity contribution in [1.29, 1.82) is 0 Å². The van der Waals surface area contributed by atoms with Crippen LogP contribution in [0.5, 0.6) is 0 Å². The lowest BCUT2D eigenvalue weighted by Gasteiger charge is -2.21. The molecule has 0 aromatic heterocycles. The minimum Gasteiger partial charge on any atom is -0.444 e. The lowest BCUT2D eigenvalue weighted by Crippen LogP contribution is -2.36. The molecule has 0 saturated heterocycles. The molecule has 0 aliphatic heterocycles. The van der Waals surface area contributed by atoms with Gasteiger partial charge in [-0.2, -0.15) is 0 Å². The molecule has 1 unspecified atom stereocenters. The fourth-order valence-corrected chi connectivity index (χ4v) is 2.01. The van der Waals surface area contributed by atoms with Crippen LogP contribution < -0.4 is 5.32 Å². The molecule has 0 saturated carbocycles. The molecule has 2 N–H and O–H groups in total. The Balaban J connectivity index is 2.51. The SMILES string of the molecule is Cc1ccc(CC(CO)CNC(=O)OC(C)(C)C)cc1C. The Morgan fingerprint density at radius 3 is 2.48 bits per heavy atom. The minimum atomic E-state index is -0.507. The van der Waals surface area contributed by atoms with Crippen molar-refractivity contribution in [3.63, 3.8) is 0 Å². The van der Waals surface area contributed by atoms with Gasteiger partial charge in [0.05, 0.1) is 0 Å². The van der Waals surface area contributed by atoms with Crippen molar-refractivity contribution in [2.24, 2.45) is 5.92 Å². The number of ether oxygens (including phenoxy) is 1. The van der Waals surface area contributed by atoms with Crippen molar-refractivity contribution < 1.29 is 14.6 Å². The summed E-state index contributed by atoms with van der Waals surface area (Å²) in [4.78, 5) is 11.6. The first kappa shape index (κ1) is 17.5. The molecule has 21 heavy (non-hydrogen) atoms. The third-order valence-electron chi connectivity index (χ3n) is 3.29. The van der Waals surface area contributed by atoms with E-state index in [4.69, 9.17) is 4.74 Å². The number of hydrogen-bond donors (Lipinski definition) is 2. The van der Waals surface area contributed by atoms with Crippen LogP contribution in [0.25, 0.3) is 0 Å². The van der Waals surface area contributed by atoms with Crippen molar-refractivity contribution >= 4 is 6.09 Å². The molecule has 0 heterocycles. The van der Waals surface area contributed by atoms with E-state index in [2.05, 4.69) is 37.4 Å². The fraction of sp³-hybridized carbons (Fsp3) is 0.588. The second kappa shape index (κ2) is 7.46. The van der Waals surface area contributed by atoms with Gasteiger partial charge in [0, 0.05) is 19.1 Å². The number of benzene rings is 1. The first-order chi connectivity index (χ1) is 9.71. The smallest absolute Gasteiger partial charge is 0.407 e. The second-order valence-electron chi connectivity index (χ2n) is 6.55. The molecule has 4 nitrogen and oxygen atoms in total. The molecule has 1 atom stereocenters. The van der Waals surface area contributed by atoms with E-state index < -0.39 is 11.7 Å². The van der Waals surface area contributed by atoms with E-state index in [9.17, 15) is 9.90 Å².